The normalized spacial score (nSPS) is 24.0. The van der Waals surface area contributed by atoms with Crippen molar-refractivity contribution in [2.75, 3.05) is 6.61 Å². The summed E-state index contributed by atoms with van der Waals surface area (Å²) in [4.78, 5) is 45.3. The minimum Gasteiger partial charge on any atom is -0.493 e. The number of hydrogen-bond donors (Lipinski definition) is 1. The first kappa shape index (κ1) is 30.2. The largest absolute Gasteiger partial charge is 0.493 e. The van der Waals surface area contributed by atoms with Gasteiger partial charge in [0.2, 0.25) is 11.9 Å². The summed E-state index contributed by atoms with van der Waals surface area (Å²) in [6.45, 7) is 15.1. The molecule has 214 valence electrons. The fourth-order valence-electron chi connectivity index (χ4n) is 5.11. The average Bonchev–Trinajstić information content (AvgIpc) is 2.84. The molecule has 2 amide bonds. The van der Waals surface area contributed by atoms with E-state index in [-0.39, 0.29) is 42.7 Å². The van der Waals surface area contributed by atoms with Crippen LogP contribution in [0.15, 0.2) is 41.9 Å². The summed E-state index contributed by atoms with van der Waals surface area (Å²) >= 11 is 0. The first-order valence-electron chi connectivity index (χ1n) is 13.8. The van der Waals surface area contributed by atoms with E-state index in [0.29, 0.717) is 38.0 Å². The van der Waals surface area contributed by atoms with Crippen LogP contribution in [0.4, 0.5) is 4.79 Å². The third-order valence-corrected chi connectivity index (χ3v) is 6.96. The van der Waals surface area contributed by atoms with Gasteiger partial charge in [0, 0.05) is 23.4 Å². The van der Waals surface area contributed by atoms with E-state index < -0.39 is 23.3 Å². The molecule has 0 radical (unpaired) electrons. The summed E-state index contributed by atoms with van der Waals surface area (Å²) in [5.74, 6) is 0.118. The molecule has 39 heavy (non-hydrogen) atoms. The van der Waals surface area contributed by atoms with E-state index in [1.54, 1.807) is 25.7 Å². The molecule has 1 N–H and O–H groups in total. The molecule has 1 saturated heterocycles. The van der Waals surface area contributed by atoms with Crippen molar-refractivity contribution < 1.29 is 28.6 Å². The molecule has 0 saturated carbocycles. The van der Waals surface area contributed by atoms with Crippen molar-refractivity contribution >= 4 is 23.9 Å². The predicted molar refractivity (Wildman–Crippen MR) is 149 cm³/mol. The molecule has 0 unspecified atom stereocenters. The lowest BCUT2D eigenvalue weighted by atomic mass is 9.81. The molecule has 1 aromatic rings. The highest BCUT2D eigenvalue weighted by molar-refractivity contribution is 6.04. The SMILES string of the molecule is C=CCC[C@]1(CC)CC(=O)N([C@@H]2c3ccccc3OC[C@H]2CCC(=O)OC(C)C)/C(=N/C(=O)OC(C)(C)C)N1. The lowest BCUT2D eigenvalue weighted by Gasteiger charge is -2.48. The van der Waals surface area contributed by atoms with Crippen LogP contribution in [-0.4, -0.2) is 52.7 Å². The molecule has 3 rings (SSSR count). The molecule has 0 aromatic heterocycles. The zero-order valence-corrected chi connectivity index (χ0v) is 24.1. The van der Waals surface area contributed by atoms with Crippen LogP contribution in [0.1, 0.15) is 91.7 Å². The second-order valence-electron chi connectivity index (χ2n) is 11.6. The average molecular weight is 542 g/mol. The highest BCUT2D eigenvalue weighted by atomic mass is 16.6. The van der Waals surface area contributed by atoms with Gasteiger partial charge in [-0.3, -0.25) is 14.5 Å². The summed E-state index contributed by atoms with van der Waals surface area (Å²) in [5.41, 5.74) is -0.530. The maximum atomic E-state index is 14.0. The molecular weight excluding hydrogens is 498 g/mol. The standard InChI is InChI=1S/C30H43N3O6/c1-8-10-17-30(9-2)18-24(34)33(27(32-30)31-28(36)39-29(5,6)7)26-21(15-16-25(35)38-20(3)4)19-37-23-14-12-11-13-22(23)26/h8,11-14,20-21,26H,1,9-10,15-19H2,2-7H3,(H,31,32,36)/t21-,26+,30-/m1/s1. The van der Waals surface area contributed by atoms with Crippen LogP contribution in [-0.2, 0) is 19.1 Å². The molecule has 3 atom stereocenters. The zero-order valence-electron chi connectivity index (χ0n) is 24.1. The van der Waals surface area contributed by atoms with Gasteiger partial charge in [0.1, 0.15) is 11.4 Å². The Hall–Kier alpha value is -3.36. The fraction of sp³-hybridized carbons (Fsp3) is 0.600. The molecule has 9 nitrogen and oxygen atoms in total. The number of guanidine groups is 1. The summed E-state index contributed by atoms with van der Waals surface area (Å²) in [6.07, 6.45) is 3.69. The number of carbonyl (C=O) groups is 3. The minimum atomic E-state index is -0.782. The van der Waals surface area contributed by atoms with E-state index in [0.717, 1.165) is 5.56 Å². The van der Waals surface area contributed by atoms with Crippen LogP contribution in [0, 0.1) is 5.92 Å². The Morgan fingerprint density at radius 3 is 2.67 bits per heavy atom. The number of fused-ring (bicyclic) bond motifs is 1. The van der Waals surface area contributed by atoms with E-state index >= 15 is 0 Å². The van der Waals surface area contributed by atoms with Gasteiger partial charge in [-0.05, 0) is 66.4 Å². The Morgan fingerprint density at radius 1 is 1.31 bits per heavy atom. The number of hydrogen-bond acceptors (Lipinski definition) is 6. The van der Waals surface area contributed by atoms with Crippen molar-refractivity contribution in [2.45, 2.75) is 103 Å². The monoisotopic (exact) mass is 541 g/mol. The maximum Gasteiger partial charge on any atom is 0.437 e. The number of benzene rings is 1. The van der Waals surface area contributed by atoms with Crippen LogP contribution in [0.5, 0.6) is 5.75 Å². The maximum absolute atomic E-state index is 14.0. The highest BCUT2D eigenvalue weighted by Gasteiger charge is 2.47. The Balaban J connectivity index is 2.06. The van der Waals surface area contributed by atoms with Crippen molar-refractivity contribution in [1.82, 2.24) is 10.2 Å². The van der Waals surface area contributed by atoms with Gasteiger partial charge >= 0.3 is 12.1 Å². The molecule has 2 aliphatic heterocycles. The Kier molecular flexibility index (Phi) is 9.80. The van der Waals surface area contributed by atoms with Gasteiger partial charge < -0.3 is 19.5 Å². The Morgan fingerprint density at radius 2 is 2.03 bits per heavy atom. The van der Waals surface area contributed by atoms with E-state index in [1.807, 2.05) is 51.1 Å². The number of amides is 2. The van der Waals surface area contributed by atoms with Crippen molar-refractivity contribution in [1.29, 1.82) is 0 Å². The second kappa shape index (κ2) is 12.7. The summed E-state index contributed by atoms with van der Waals surface area (Å²) < 4.78 is 16.9. The lowest BCUT2D eigenvalue weighted by molar-refractivity contribution is -0.147. The van der Waals surface area contributed by atoms with Crippen molar-refractivity contribution in [2.24, 2.45) is 10.9 Å². The van der Waals surface area contributed by atoms with Gasteiger partial charge in [-0.25, -0.2) is 4.79 Å². The summed E-state index contributed by atoms with van der Waals surface area (Å²) in [6, 6.07) is 7.03. The number of allylic oxidation sites excluding steroid dienone is 1. The van der Waals surface area contributed by atoms with Gasteiger partial charge in [-0.15, -0.1) is 11.6 Å². The topological polar surface area (TPSA) is 107 Å². The summed E-state index contributed by atoms with van der Waals surface area (Å²) in [5, 5.41) is 3.46. The molecular formula is C30H43N3O6. The van der Waals surface area contributed by atoms with Gasteiger partial charge in [0.25, 0.3) is 0 Å². The number of aliphatic imine (C=N–C) groups is 1. The molecule has 2 aliphatic rings. The van der Waals surface area contributed by atoms with E-state index in [1.165, 1.54) is 0 Å². The number of rotatable bonds is 9. The molecule has 0 bridgehead atoms. The first-order chi connectivity index (χ1) is 18.4. The lowest BCUT2D eigenvalue weighted by Crippen LogP contribution is -2.64. The third-order valence-electron chi connectivity index (χ3n) is 6.96. The van der Waals surface area contributed by atoms with Crippen LogP contribution in [0.2, 0.25) is 0 Å². The van der Waals surface area contributed by atoms with Crippen LogP contribution < -0.4 is 10.1 Å². The first-order valence-corrected chi connectivity index (χ1v) is 13.8. The quantitative estimate of drug-likeness (QED) is 0.316. The molecule has 9 heteroatoms. The number of ether oxygens (including phenoxy) is 3. The Labute approximate surface area is 232 Å². The fourth-order valence-corrected chi connectivity index (χ4v) is 5.11. The van der Waals surface area contributed by atoms with Crippen LogP contribution in [0.3, 0.4) is 0 Å². The number of nitrogens with zero attached hydrogens (tertiary/aromatic N) is 2. The summed E-state index contributed by atoms with van der Waals surface area (Å²) in [7, 11) is 0. The van der Waals surface area contributed by atoms with Gasteiger partial charge in [-0.1, -0.05) is 31.2 Å². The number of carbonyl (C=O) groups excluding carboxylic acids is 3. The number of para-hydroxylation sites is 1. The zero-order chi connectivity index (χ0) is 28.8. The third kappa shape index (κ3) is 7.83. The van der Waals surface area contributed by atoms with Crippen molar-refractivity contribution in [3.63, 3.8) is 0 Å². The van der Waals surface area contributed by atoms with Gasteiger partial charge in [0.05, 0.1) is 25.2 Å². The van der Waals surface area contributed by atoms with Crippen LogP contribution in [0.25, 0.3) is 0 Å². The molecule has 0 spiro atoms. The van der Waals surface area contributed by atoms with Gasteiger partial charge in [0.15, 0.2) is 0 Å². The van der Waals surface area contributed by atoms with Crippen molar-refractivity contribution in [3.8, 4) is 5.75 Å². The number of nitrogens with one attached hydrogen (secondary N) is 1. The second-order valence-corrected chi connectivity index (χ2v) is 11.6. The molecule has 2 heterocycles. The molecule has 0 aliphatic carbocycles. The Bertz CT molecular complexity index is 1090. The van der Waals surface area contributed by atoms with E-state index in [9.17, 15) is 14.4 Å². The molecule has 1 fully saturated rings. The van der Waals surface area contributed by atoms with Crippen LogP contribution >= 0.6 is 0 Å². The van der Waals surface area contributed by atoms with E-state index in [2.05, 4.69) is 16.9 Å². The smallest absolute Gasteiger partial charge is 0.437 e. The predicted octanol–water partition coefficient (Wildman–Crippen LogP) is 5.70. The highest BCUT2D eigenvalue weighted by Crippen LogP contribution is 2.43. The van der Waals surface area contributed by atoms with E-state index in [4.69, 9.17) is 14.2 Å². The molecule has 1 aromatic carbocycles. The van der Waals surface area contributed by atoms with Gasteiger partial charge in [-0.2, -0.15) is 0 Å². The number of esters is 1. The van der Waals surface area contributed by atoms with Crippen molar-refractivity contribution in [3.05, 3.63) is 42.5 Å². The minimum absolute atomic E-state index is 0.154.